The van der Waals surface area contributed by atoms with Crippen molar-refractivity contribution in [2.24, 2.45) is 0 Å². The van der Waals surface area contributed by atoms with Gasteiger partial charge in [0.2, 0.25) is 0 Å². The van der Waals surface area contributed by atoms with Crippen molar-refractivity contribution in [3.8, 4) is 0 Å². The first-order valence-electron chi connectivity index (χ1n) is 4.67. The van der Waals surface area contributed by atoms with E-state index in [0.717, 1.165) is 13.1 Å². The SMILES string of the molecule is CC(C)=CCNCc1ccccc1. The van der Waals surface area contributed by atoms with Gasteiger partial charge in [-0.25, -0.2) is 0 Å². The molecule has 0 heterocycles. The summed E-state index contributed by atoms with van der Waals surface area (Å²) in [5.74, 6) is 0. The molecule has 0 unspecified atom stereocenters. The molecule has 0 bridgehead atoms. The van der Waals surface area contributed by atoms with Gasteiger partial charge in [-0.05, 0) is 19.4 Å². The molecular weight excluding hydrogens is 158 g/mol. The molecule has 0 aliphatic heterocycles. The van der Waals surface area contributed by atoms with Crippen LogP contribution in [0.4, 0.5) is 0 Å². The Morgan fingerprint density at radius 1 is 1.23 bits per heavy atom. The first-order valence-corrected chi connectivity index (χ1v) is 4.67. The molecule has 0 amide bonds. The zero-order chi connectivity index (χ0) is 9.52. The van der Waals surface area contributed by atoms with Crippen molar-refractivity contribution in [3.63, 3.8) is 0 Å². The van der Waals surface area contributed by atoms with Crippen LogP contribution in [0.1, 0.15) is 19.4 Å². The highest BCUT2D eigenvalue weighted by Crippen LogP contribution is 1.96. The summed E-state index contributed by atoms with van der Waals surface area (Å²) in [6.07, 6.45) is 2.20. The van der Waals surface area contributed by atoms with Crippen LogP contribution >= 0.6 is 0 Å². The molecule has 1 aromatic rings. The average molecular weight is 175 g/mol. The van der Waals surface area contributed by atoms with Crippen LogP contribution in [-0.4, -0.2) is 6.54 Å². The first-order chi connectivity index (χ1) is 6.29. The minimum atomic E-state index is 0.949. The summed E-state index contributed by atoms with van der Waals surface area (Å²) in [6, 6.07) is 10.4. The number of nitrogens with one attached hydrogen (secondary N) is 1. The number of rotatable bonds is 4. The second-order valence-corrected chi connectivity index (χ2v) is 3.40. The maximum Gasteiger partial charge on any atom is 0.0208 e. The molecule has 1 rings (SSSR count). The van der Waals surface area contributed by atoms with Crippen molar-refractivity contribution in [1.29, 1.82) is 0 Å². The Bertz CT molecular complexity index is 258. The van der Waals surface area contributed by atoms with Gasteiger partial charge in [0.1, 0.15) is 0 Å². The van der Waals surface area contributed by atoms with E-state index in [-0.39, 0.29) is 0 Å². The van der Waals surface area contributed by atoms with Gasteiger partial charge in [-0.1, -0.05) is 42.0 Å². The molecule has 0 aromatic heterocycles. The molecule has 0 aliphatic carbocycles. The molecule has 0 radical (unpaired) electrons. The fourth-order valence-corrected chi connectivity index (χ4v) is 1.09. The van der Waals surface area contributed by atoms with Gasteiger partial charge in [-0.2, -0.15) is 0 Å². The Kier molecular flexibility index (Phi) is 4.27. The second kappa shape index (κ2) is 5.55. The number of hydrogen-bond acceptors (Lipinski definition) is 1. The van der Waals surface area contributed by atoms with Gasteiger partial charge in [0, 0.05) is 13.1 Å². The summed E-state index contributed by atoms with van der Waals surface area (Å²) in [7, 11) is 0. The van der Waals surface area contributed by atoms with Crippen LogP contribution in [0, 0.1) is 0 Å². The highest BCUT2D eigenvalue weighted by Gasteiger charge is 1.87. The van der Waals surface area contributed by atoms with E-state index >= 15 is 0 Å². The van der Waals surface area contributed by atoms with E-state index < -0.39 is 0 Å². The predicted octanol–water partition coefficient (Wildman–Crippen LogP) is 2.74. The monoisotopic (exact) mass is 175 g/mol. The lowest BCUT2D eigenvalue weighted by Gasteiger charge is -2.01. The van der Waals surface area contributed by atoms with Gasteiger partial charge in [0.15, 0.2) is 0 Å². The van der Waals surface area contributed by atoms with E-state index in [0.29, 0.717) is 0 Å². The molecule has 0 fully saturated rings. The van der Waals surface area contributed by atoms with Gasteiger partial charge in [0.05, 0.1) is 0 Å². The molecular formula is C12H17N. The Balaban J connectivity index is 2.25. The Morgan fingerprint density at radius 2 is 1.92 bits per heavy atom. The lowest BCUT2D eigenvalue weighted by atomic mass is 10.2. The fraction of sp³-hybridized carbons (Fsp3) is 0.333. The van der Waals surface area contributed by atoms with Gasteiger partial charge in [-0.3, -0.25) is 0 Å². The minimum Gasteiger partial charge on any atom is -0.309 e. The second-order valence-electron chi connectivity index (χ2n) is 3.40. The molecule has 13 heavy (non-hydrogen) atoms. The van der Waals surface area contributed by atoms with Crippen molar-refractivity contribution in [3.05, 3.63) is 47.5 Å². The van der Waals surface area contributed by atoms with E-state index in [1.54, 1.807) is 0 Å². The maximum absolute atomic E-state index is 3.36. The third kappa shape index (κ3) is 4.48. The van der Waals surface area contributed by atoms with Gasteiger partial charge in [0.25, 0.3) is 0 Å². The van der Waals surface area contributed by atoms with E-state index in [2.05, 4.69) is 49.5 Å². The molecule has 1 heteroatoms. The molecule has 0 spiro atoms. The summed E-state index contributed by atoms with van der Waals surface area (Å²) < 4.78 is 0. The van der Waals surface area contributed by atoms with Gasteiger partial charge >= 0.3 is 0 Å². The molecule has 0 atom stereocenters. The first kappa shape index (κ1) is 10.0. The lowest BCUT2D eigenvalue weighted by molar-refractivity contribution is 0.757. The number of hydrogen-bond donors (Lipinski definition) is 1. The van der Waals surface area contributed by atoms with Crippen LogP contribution in [0.2, 0.25) is 0 Å². The summed E-state index contributed by atoms with van der Waals surface area (Å²) in [5, 5.41) is 3.36. The molecule has 0 aliphatic rings. The summed E-state index contributed by atoms with van der Waals surface area (Å²) in [4.78, 5) is 0. The molecule has 1 N–H and O–H groups in total. The third-order valence-corrected chi connectivity index (χ3v) is 1.83. The largest absolute Gasteiger partial charge is 0.309 e. The smallest absolute Gasteiger partial charge is 0.0208 e. The van der Waals surface area contributed by atoms with E-state index in [1.165, 1.54) is 11.1 Å². The zero-order valence-corrected chi connectivity index (χ0v) is 8.38. The molecule has 0 saturated carbocycles. The highest BCUT2D eigenvalue weighted by molar-refractivity contribution is 5.14. The van der Waals surface area contributed by atoms with Crippen molar-refractivity contribution < 1.29 is 0 Å². The quantitative estimate of drug-likeness (QED) is 0.548. The van der Waals surface area contributed by atoms with Crippen LogP contribution in [-0.2, 0) is 6.54 Å². The van der Waals surface area contributed by atoms with Crippen LogP contribution in [0.25, 0.3) is 0 Å². The van der Waals surface area contributed by atoms with Crippen LogP contribution < -0.4 is 5.32 Å². The van der Waals surface area contributed by atoms with Crippen LogP contribution in [0.3, 0.4) is 0 Å². The Hall–Kier alpha value is -1.08. The minimum absolute atomic E-state index is 0.949. The van der Waals surface area contributed by atoms with E-state index in [1.807, 2.05) is 6.07 Å². The fourth-order valence-electron chi connectivity index (χ4n) is 1.09. The standard InChI is InChI=1S/C12H17N/c1-11(2)8-9-13-10-12-6-4-3-5-7-12/h3-8,13H,9-10H2,1-2H3. The highest BCUT2D eigenvalue weighted by atomic mass is 14.8. The predicted molar refractivity (Wildman–Crippen MR) is 57.6 cm³/mol. The van der Waals surface area contributed by atoms with Crippen molar-refractivity contribution >= 4 is 0 Å². The van der Waals surface area contributed by atoms with Crippen molar-refractivity contribution in [1.82, 2.24) is 5.32 Å². The summed E-state index contributed by atoms with van der Waals surface area (Å²) in [6.45, 7) is 6.14. The normalized spacial score (nSPS) is 9.69. The van der Waals surface area contributed by atoms with Gasteiger partial charge in [-0.15, -0.1) is 0 Å². The topological polar surface area (TPSA) is 12.0 Å². The zero-order valence-electron chi connectivity index (χ0n) is 8.38. The maximum atomic E-state index is 3.36. The average Bonchev–Trinajstić information content (AvgIpc) is 2.14. The van der Waals surface area contributed by atoms with E-state index in [9.17, 15) is 0 Å². The Morgan fingerprint density at radius 3 is 2.54 bits per heavy atom. The van der Waals surface area contributed by atoms with Crippen molar-refractivity contribution in [2.45, 2.75) is 20.4 Å². The van der Waals surface area contributed by atoms with Crippen molar-refractivity contribution in [2.75, 3.05) is 6.54 Å². The van der Waals surface area contributed by atoms with Crippen LogP contribution in [0.5, 0.6) is 0 Å². The Labute approximate surface area is 80.5 Å². The van der Waals surface area contributed by atoms with E-state index in [4.69, 9.17) is 0 Å². The summed E-state index contributed by atoms with van der Waals surface area (Å²) >= 11 is 0. The molecule has 1 nitrogen and oxygen atoms in total. The van der Waals surface area contributed by atoms with Crippen LogP contribution in [0.15, 0.2) is 42.0 Å². The lowest BCUT2D eigenvalue weighted by Crippen LogP contribution is -2.12. The molecule has 1 aromatic carbocycles. The molecule has 70 valence electrons. The van der Waals surface area contributed by atoms with Gasteiger partial charge < -0.3 is 5.32 Å². The number of allylic oxidation sites excluding steroid dienone is 1. The summed E-state index contributed by atoms with van der Waals surface area (Å²) in [5.41, 5.74) is 2.70. The third-order valence-electron chi connectivity index (χ3n) is 1.83. The molecule has 0 saturated heterocycles. The number of benzene rings is 1.